The topological polar surface area (TPSA) is 104 Å². The molecule has 4 aromatic rings. The van der Waals surface area contributed by atoms with Crippen molar-refractivity contribution in [2.24, 2.45) is 5.16 Å². The van der Waals surface area contributed by atoms with Crippen LogP contribution in [0.15, 0.2) is 66.2 Å². The van der Waals surface area contributed by atoms with Crippen LogP contribution in [0.2, 0.25) is 0 Å². The third-order valence-electron chi connectivity index (χ3n) is 6.22. The van der Waals surface area contributed by atoms with Crippen LogP contribution in [0.25, 0.3) is 16.9 Å². The minimum absolute atomic E-state index is 0.395. The molecule has 0 atom stereocenters. The lowest BCUT2D eigenvalue weighted by Crippen LogP contribution is -2.36. The fraction of sp³-hybridized carbons (Fsp3) is 0.286. The van der Waals surface area contributed by atoms with Crippen LogP contribution in [0.1, 0.15) is 45.2 Å². The normalized spacial score (nSPS) is 14.1. The van der Waals surface area contributed by atoms with Crippen molar-refractivity contribution in [1.82, 2.24) is 14.4 Å². The summed E-state index contributed by atoms with van der Waals surface area (Å²) >= 11 is 0. The molecule has 2 aromatic carbocycles. The number of aryl methyl sites for hydroxylation is 1. The number of anilines is 3. The Morgan fingerprint density at radius 3 is 2.81 bits per heavy atom. The summed E-state index contributed by atoms with van der Waals surface area (Å²) in [5.74, 6) is 0.781. The predicted octanol–water partition coefficient (Wildman–Crippen LogP) is 6.03. The van der Waals surface area contributed by atoms with Crippen LogP contribution in [0, 0.1) is 0 Å². The molecule has 1 amide bonds. The highest BCUT2D eigenvalue weighted by atomic mass is 16.6. The van der Waals surface area contributed by atoms with E-state index in [1.807, 2.05) is 74.7 Å². The molecule has 0 radical (unpaired) electrons. The number of ether oxygens (including phenoxy) is 1. The van der Waals surface area contributed by atoms with E-state index in [0.717, 1.165) is 52.4 Å². The number of rotatable bonds is 5. The zero-order chi connectivity index (χ0) is 26.2. The molecule has 0 fully saturated rings. The number of oxime groups is 1. The van der Waals surface area contributed by atoms with Crippen molar-refractivity contribution in [3.8, 4) is 11.3 Å². The Balaban J connectivity index is 1.54. The number of carbonyl (C=O) groups excluding carboxylic acids is 1. The highest BCUT2D eigenvalue weighted by Crippen LogP contribution is 2.34. The lowest BCUT2D eigenvalue weighted by molar-refractivity contribution is 0.0582. The molecule has 0 saturated heterocycles. The van der Waals surface area contributed by atoms with Gasteiger partial charge in [-0.1, -0.05) is 23.4 Å². The lowest BCUT2D eigenvalue weighted by atomic mass is 10.1. The van der Waals surface area contributed by atoms with Gasteiger partial charge in [-0.15, -0.1) is 0 Å². The molecule has 190 valence electrons. The lowest BCUT2D eigenvalue weighted by Gasteiger charge is -2.26. The molecule has 37 heavy (non-hydrogen) atoms. The molecule has 0 unspecified atom stereocenters. The summed E-state index contributed by atoms with van der Waals surface area (Å²) < 4.78 is 7.57. The minimum atomic E-state index is -0.590. The molecule has 9 nitrogen and oxygen atoms in total. The number of hydrogen-bond donors (Lipinski definition) is 2. The summed E-state index contributed by atoms with van der Waals surface area (Å²) in [6, 6.07) is 13.7. The van der Waals surface area contributed by atoms with Crippen LogP contribution in [-0.4, -0.2) is 43.5 Å². The Kier molecular flexibility index (Phi) is 6.29. The first-order valence-electron chi connectivity index (χ1n) is 12.3. The van der Waals surface area contributed by atoms with E-state index >= 15 is 0 Å². The van der Waals surface area contributed by atoms with Gasteiger partial charge in [0.15, 0.2) is 5.65 Å². The highest BCUT2D eigenvalue weighted by molar-refractivity contribution is 6.04. The molecule has 0 spiro atoms. The average molecular weight is 499 g/mol. The maximum absolute atomic E-state index is 12.9. The van der Waals surface area contributed by atoms with Crippen LogP contribution in [0.3, 0.4) is 0 Å². The Bertz CT molecular complexity index is 1500. The SMILES string of the molecule is CCN(C(=O)OC(C)(C)C)c1cccc(-c2nc3cnccn3c2Nc2ccc3c(c2)CCC3=NO)c1. The average Bonchev–Trinajstić information content (AvgIpc) is 3.45. The van der Waals surface area contributed by atoms with Crippen molar-refractivity contribution >= 4 is 34.6 Å². The van der Waals surface area contributed by atoms with Gasteiger partial charge in [-0.3, -0.25) is 14.3 Å². The minimum Gasteiger partial charge on any atom is -0.443 e. The van der Waals surface area contributed by atoms with E-state index in [9.17, 15) is 10.0 Å². The third kappa shape index (κ3) is 4.84. The monoisotopic (exact) mass is 498 g/mol. The molecule has 2 aromatic heterocycles. The maximum atomic E-state index is 12.9. The molecule has 5 rings (SSSR count). The molecular formula is C28H30N6O3. The maximum Gasteiger partial charge on any atom is 0.414 e. The number of carbonyl (C=O) groups is 1. The Morgan fingerprint density at radius 2 is 2.05 bits per heavy atom. The summed E-state index contributed by atoms with van der Waals surface area (Å²) in [4.78, 5) is 23.6. The third-order valence-corrected chi connectivity index (χ3v) is 6.22. The van der Waals surface area contributed by atoms with Gasteiger partial charge < -0.3 is 15.3 Å². The van der Waals surface area contributed by atoms with Crippen LogP contribution in [-0.2, 0) is 11.2 Å². The smallest absolute Gasteiger partial charge is 0.414 e. The van der Waals surface area contributed by atoms with E-state index in [1.54, 1.807) is 17.3 Å². The number of nitrogens with zero attached hydrogens (tertiary/aromatic N) is 5. The van der Waals surface area contributed by atoms with Crippen molar-refractivity contribution in [3.05, 3.63) is 72.2 Å². The molecular weight excluding hydrogens is 468 g/mol. The van der Waals surface area contributed by atoms with Crippen molar-refractivity contribution in [2.45, 2.75) is 46.1 Å². The fourth-order valence-corrected chi connectivity index (χ4v) is 4.57. The van der Waals surface area contributed by atoms with E-state index in [0.29, 0.717) is 17.9 Å². The summed E-state index contributed by atoms with van der Waals surface area (Å²) in [5.41, 5.74) is 6.13. The summed E-state index contributed by atoms with van der Waals surface area (Å²) in [5, 5.41) is 16.2. The molecule has 9 heteroatoms. The Morgan fingerprint density at radius 1 is 1.22 bits per heavy atom. The molecule has 1 aliphatic carbocycles. The largest absolute Gasteiger partial charge is 0.443 e. The first-order chi connectivity index (χ1) is 17.8. The van der Waals surface area contributed by atoms with Crippen LogP contribution in [0.4, 0.5) is 22.0 Å². The van der Waals surface area contributed by atoms with Crippen LogP contribution in [0.5, 0.6) is 0 Å². The number of benzene rings is 2. The second-order valence-electron chi connectivity index (χ2n) is 9.93. The number of amides is 1. The molecule has 1 aliphatic rings. The van der Waals surface area contributed by atoms with Gasteiger partial charge in [-0.05, 0) is 70.4 Å². The van der Waals surface area contributed by atoms with Crippen molar-refractivity contribution in [1.29, 1.82) is 0 Å². The van der Waals surface area contributed by atoms with E-state index in [1.165, 1.54) is 0 Å². The van der Waals surface area contributed by atoms with Crippen molar-refractivity contribution in [2.75, 3.05) is 16.8 Å². The predicted molar refractivity (Wildman–Crippen MR) is 144 cm³/mol. The van der Waals surface area contributed by atoms with Gasteiger partial charge >= 0.3 is 6.09 Å². The van der Waals surface area contributed by atoms with Gasteiger partial charge in [-0.25, -0.2) is 9.78 Å². The van der Waals surface area contributed by atoms with Gasteiger partial charge in [0.25, 0.3) is 0 Å². The number of nitrogens with one attached hydrogen (secondary N) is 1. The fourth-order valence-electron chi connectivity index (χ4n) is 4.57. The van der Waals surface area contributed by atoms with E-state index < -0.39 is 11.7 Å². The number of fused-ring (bicyclic) bond motifs is 2. The van der Waals surface area contributed by atoms with Gasteiger partial charge in [0.05, 0.1) is 11.9 Å². The molecule has 0 aliphatic heterocycles. The molecule has 2 N–H and O–H groups in total. The number of aromatic nitrogens is 3. The second kappa shape index (κ2) is 9.57. The van der Waals surface area contributed by atoms with Crippen LogP contribution >= 0.6 is 0 Å². The first-order valence-corrected chi connectivity index (χ1v) is 12.3. The zero-order valence-corrected chi connectivity index (χ0v) is 21.4. The summed E-state index contributed by atoms with van der Waals surface area (Å²) in [6.45, 7) is 7.95. The number of imidazole rings is 1. The summed E-state index contributed by atoms with van der Waals surface area (Å²) in [7, 11) is 0. The molecule has 0 saturated carbocycles. The number of hydrogen-bond acceptors (Lipinski definition) is 7. The highest BCUT2D eigenvalue weighted by Gasteiger charge is 2.24. The Labute approximate surface area is 215 Å². The summed E-state index contributed by atoms with van der Waals surface area (Å²) in [6.07, 6.45) is 6.45. The first kappa shape index (κ1) is 24.3. The Hall–Kier alpha value is -4.40. The standard InChI is InChI=1S/C28H30N6O3/c1-5-33(27(35)37-28(2,3)4)21-8-6-7-19(16-21)25-26(34-14-13-29-17-24(34)31-25)30-20-10-11-22-18(15-20)9-12-23(22)32-36/h6-8,10-11,13-17,30,36H,5,9,12H2,1-4H3. The zero-order valence-electron chi connectivity index (χ0n) is 21.4. The van der Waals surface area contributed by atoms with E-state index in [2.05, 4.69) is 21.5 Å². The van der Waals surface area contributed by atoms with E-state index in [-0.39, 0.29) is 0 Å². The van der Waals surface area contributed by atoms with Crippen molar-refractivity contribution in [3.63, 3.8) is 0 Å². The van der Waals surface area contributed by atoms with Crippen LogP contribution < -0.4 is 10.2 Å². The van der Waals surface area contributed by atoms with Gasteiger partial charge in [0, 0.05) is 41.4 Å². The van der Waals surface area contributed by atoms with Gasteiger partial charge in [-0.2, -0.15) is 0 Å². The molecule has 0 bridgehead atoms. The van der Waals surface area contributed by atoms with E-state index in [4.69, 9.17) is 9.72 Å². The second-order valence-corrected chi connectivity index (χ2v) is 9.93. The van der Waals surface area contributed by atoms with Gasteiger partial charge in [0.2, 0.25) is 0 Å². The van der Waals surface area contributed by atoms with Gasteiger partial charge in [0.1, 0.15) is 17.1 Å². The quantitative estimate of drug-likeness (QED) is 0.257. The van der Waals surface area contributed by atoms with Crippen molar-refractivity contribution < 1.29 is 14.7 Å². The molecule has 2 heterocycles.